The smallest absolute Gasteiger partial charge is 0.150 e. The van der Waals surface area contributed by atoms with E-state index in [1.165, 1.54) is 51.0 Å². The molecule has 3 aliphatic heterocycles. The van der Waals surface area contributed by atoms with Crippen LogP contribution in [0.2, 0.25) is 0 Å². The molecule has 3 saturated heterocycles. The summed E-state index contributed by atoms with van der Waals surface area (Å²) in [5.41, 5.74) is 5.91. The van der Waals surface area contributed by atoms with E-state index in [2.05, 4.69) is 55.5 Å². The van der Waals surface area contributed by atoms with E-state index in [1.807, 2.05) is 0 Å². The molecule has 8 heteroatoms. The van der Waals surface area contributed by atoms with Gasteiger partial charge in [-0.05, 0) is 80.8 Å². The molecular formula is C27H35N5O2S. The number of nitrogens with zero attached hydrogens (tertiary/aromatic N) is 3. The van der Waals surface area contributed by atoms with Gasteiger partial charge in [0.2, 0.25) is 0 Å². The number of sulfone groups is 1. The number of aromatic amines is 1. The van der Waals surface area contributed by atoms with Crippen molar-refractivity contribution in [2.45, 2.75) is 44.4 Å². The monoisotopic (exact) mass is 493 g/mol. The van der Waals surface area contributed by atoms with Crippen LogP contribution in [0, 0.1) is 5.41 Å². The Morgan fingerprint density at radius 1 is 1.03 bits per heavy atom. The Morgan fingerprint density at radius 3 is 2.51 bits per heavy atom. The molecule has 2 N–H and O–H groups in total. The predicted molar refractivity (Wildman–Crippen MR) is 139 cm³/mol. The molecular weight excluding hydrogens is 458 g/mol. The van der Waals surface area contributed by atoms with Crippen molar-refractivity contribution in [2.24, 2.45) is 5.41 Å². The molecule has 0 aliphatic carbocycles. The molecule has 3 fully saturated rings. The molecule has 3 aromatic rings. The molecule has 0 radical (unpaired) electrons. The van der Waals surface area contributed by atoms with E-state index < -0.39 is 9.84 Å². The molecule has 0 amide bonds. The largest absolute Gasteiger partial charge is 0.339 e. The van der Waals surface area contributed by atoms with E-state index in [1.54, 1.807) is 6.33 Å². The predicted octanol–water partition coefficient (Wildman–Crippen LogP) is 3.54. The minimum Gasteiger partial charge on any atom is -0.339 e. The number of hydrogen-bond donors (Lipinski definition) is 2. The SMILES string of the molecule is O=S1(=O)CCC(c2ncnc3[nH]c(-c4ccc(CCN5CCC6(CCNC6)CC5)cc4)cc23)CC1. The number of piperidine rings is 1. The van der Waals surface area contributed by atoms with E-state index in [-0.39, 0.29) is 17.4 Å². The Morgan fingerprint density at radius 2 is 1.80 bits per heavy atom. The zero-order valence-electron chi connectivity index (χ0n) is 20.3. The first-order valence-corrected chi connectivity index (χ1v) is 14.9. The van der Waals surface area contributed by atoms with E-state index in [9.17, 15) is 8.42 Å². The van der Waals surface area contributed by atoms with E-state index in [0.717, 1.165) is 41.0 Å². The Labute approximate surface area is 207 Å². The van der Waals surface area contributed by atoms with Crippen LogP contribution >= 0.6 is 0 Å². The van der Waals surface area contributed by atoms with E-state index >= 15 is 0 Å². The second kappa shape index (κ2) is 9.30. The van der Waals surface area contributed by atoms with Gasteiger partial charge in [0.1, 0.15) is 21.8 Å². The van der Waals surface area contributed by atoms with Crippen molar-refractivity contribution in [3.8, 4) is 11.3 Å². The molecule has 0 saturated carbocycles. The maximum Gasteiger partial charge on any atom is 0.150 e. The number of likely N-dealkylation sites (tertiary alicyclic amines) is 1. The molecule has 186 valence electrons. The lowest BCUT2D eigenvalue weighted by Gasteiger charge is -2.38. The summed E-state index contributed by atoms with van der Waals surface area (Å²) in [5, 5.41) is 4.57. The van der Waals surface area contributed by atoms with Gasteiger partial charge in [-0.1, -0.05) is 24.3 Å². The number of benzene rings is 1. The number of aromatic nitrogens is 3. The highest BCUT2D eigenvalue weighted by molar-refractivity contribution is 7.91. The zero-order chi connectivity index (χ0) is 23.9. The molecule has 1 aromatic carbocycles. The van der Waals surface area contributed by atoms with Gasteiger partial charge in [-0.15, -0.1) is 0 Å². The lowest BCUT2D eigenvalue weighted by atomic mass is 9.78. The normalized spacial score (nSPS) is 22.7. The van der Waals surface area contributed by atoms with Crippen LogP contribution in [0.4, 0.5) is 0 Å². The van der Waals surface area contributed by atoms with Crippen molar-refractivity contribution in [3.63, 3.8) is 0 Å². The Balaban J connectivity index is 1.11. The quantitative estimate of drug-likeness (QED) is 0.565. The van der Waals surface area contributed by atoms with Crippen LogP contribution in [0.15, 0.2) is 36.7 Å². The Kier molecular flexibility index (Phi) is 6.15. The van der Waals surface area contributed by atoms with E-state index in [0.29, 0.717) is 18.3 Å². The van der Waals surface area contributed by atoms with Crippen LogP contribution < -0.4 is 5.32 Å². The average molecular weight is 494 g/mol. The van der Waals surface area contributed by atoms with Gasteiger partial charge in [0.25, 0.3) is 0 Å². The summed E-state index contributed by atoms with van der Waals surface area (Å²) < 4.78 is 23.7. The third kappa shape index (κ3) is 4.88. The molecule has 3 aliphatic rings. The van der Waals surface area contributed by atoms with Crippen molar-refractivity contribution >= 4 is 20.9 Å². The third-order valence-electron chi connectivity index (χ3n) is 8.63. The van der Waals surface area contributed by atoms with Crippen molar-refractivity contribution in [1.29, 1.82) is 0 Å². The first-order chi connectivity index (χ1) is 17.0. The van der Waals surface area contributed by atoms with Crippen LogP contribution in [-0.4, -0.2) is 72.5 Å². The standard InChI is InChI=1S/C27H35N5O2S/c33-35(34)15-6-22(7-16-35)25-23-17-24(31-26(23)30-19-29-25)21-3-1-20(2-4-21)5-12-32-13-9-27(10-14-32)8-11-28-18-27/h1-4,17,19,22,28H,5-16,18H2,(H,29,30,31). The molecule has 0 bridgehead atoms. The number of H-pyrrole nitrogens is 1. The molecule has 2 aromatic heterocycles. The Bertz CT molecular complexity index is 1270. The summed E-state index contributed by atoms with van der Waals surface area (Å²) >= 11 is 0. The van der Waals surface area contributed by atoms with Gasteiger partial charge < -0.3 is 15.2 Å². The number of nitrogens with one attached hydrogen (secondary N) is 2. The van der Waals surface area contributed by atoms with Crippen LogP contribution in [-0.2, 0) is 16.3 Å². The maximum atomic E-state index is 11.9. The second-order valence-corrected chi connectivity index (χ2v) is 13.1. The maximum absolute atomic E-state index is 11.9. The van der Waals surface area contributed by atoms with Crippen LogP contribution in [0.3, 0.4) is 0 Å². The minimum atomic E-state index is -2.89. The van der Waals surface area contributed by atoms with Gasteiger partial charge in [-0.25, -0.2) is 18.4 Å². The third-order valence-corrected chi connectivity index (χ3v) is 10.3. The molecule has 35 heavy (non-hydrogen) atoms. The van der Waals surface area contributed by atoms with Crippen molar-refractivity contribution in [3.05, 3.63) is 47.9 Å². The highest BCUT2D eigenvalue weighted by atomic mass is 32.2. The summed E-state index contributed by atoms with van der Waals surface area (Å²) in [5.74, 6) is 0.666. The fourth-order valence-corrected chi connectivity index (χ4v) is 7.71. The summed E-state index contributed by atoms with van der Waals surface area (Å²) in [7, 11) is -2.89. The lowest BCUT2D eigenvalue weighted by Crippen LogP contribution is -2.41. The topological polar surface area (TPSA) is 91.0 Å². The summed E-state index contributed by atoms with van der Waals surface area (Å²) in [6.07, 6.45) is 7.97. The molecule has 5 heterocycles. The molecule has 0 atom stereocenters. The van der Waals surface area contributed by atoms with Gasteiger partial charge >= 0.3 is 0 Å². The van der Waals surface area contributed by atoms with E-state index in [4.69, 9.17) is 0 Å². The van der Waals surface area contributed by atoms with Crippen molar-refractivity contribution in [2.75, 3.05) is 44.2 Å². The first-order valence-electron chi connectivity index (χ1n) is 13.1. The lowest BCUT2D eigenvalue weighted by molar-refractivity contribution is 0.120. The number of fused-ring (bicyclic) bond motifs is 1. The molecule has 7 nitrogen and oxygen atoms in total. The first kappa shape index (κ1) is 23.1. The van der Waals surface area contributed by atoms with Crippen molar-refractivity contribution in [1.82, 2.24) is 25.2 Å². The average Bonchev–Trinajstić information content (AvgIpc) is 3.52. The number of rotatable bonds is 5. The second-order valence-electron chi connectivity index (χ2n) is 10.8. The molecule has 0 unspecified atom stereocenters. The Hall–Kier alpha value is -2.29. The van der Waals surface area contributed by atoms with Crippen LogP contribution in [0.5, 0.6) is 0 Å². The summed E-state index contributed by atoms with van der Waals surface area (Å²) in [6.45, 7) is 5.99. The summed E-state index contributed by atoms with van der Waals surface area (Å²) in [4.78, 5) is 15.1. The fourth-order valence-electron chi connectivity index (χ4n) is 6.21. The number of hydrogen-bond acceptors (Lipinski definition) is 6. The zero-order valence-corrected chi connectivity index (χ0v) is 21.1. The van der Waals surface area contributed by atoms with Crippen LogP contribution in [0.25, 0.3) is 22.3 Å². The highest BCUT2D eigenvalue weighted by Gasteiger charge is 2.36. The highest BCUT2D eigenvalue weighted by Crippen LogP contribution is 2.37. The fraction of sp³-hybridized carbons (Fsp3) is 0.556. The van der Waals surface area contributed by atoms with Gasteiger partial charge in [-0.2, -0.15) is 0 Å². The van der Waals surface area contributed by atoms with Gasteiger partial charge in [0, 0.05) is 30.1 Å². The minimum absolute atomic E-state index is 0.171. The van der Waals surface area contributed by atoms with Gasteiger partial charge in [0.05, 0.1) is 17.2 Å². The molecule has 6 rings (SSSR count). The summed E-state index contributed by atoms with van der Waals surface area (Å²) in [6, 6.07) is 11.0. The van der Waals surface area contributed by atoms with Gasteiger partial charge in [0.15, 0.2) is 0 Å². The van der Waals surface area contributed by atoms with Crippen molar-refractivity contribution < 1.29 is 8.42 Å². The van der Waals surface area contributed by atoms with Crippen LogP contribution in [0.1, 0.15) is 49.3 Å². The van der Waals surface area contributed by atoms with Gasteiger partial charge in [-0.3, -0.25) is 0 Å². The molecule has 1 spiro atoms.